The maximum Gasteiger partial charge on any atom is 0.0913 e. The molecule has 0 radical (unpaired) electrons. The molecule has 0 aromatic rings. The van der Waals surface area contributed by atoms with E-state index in [1.807, 2.05) is 0 Å². The molecule has 0 saturated carbocycles. The highest BCUT2D eigenvalue weighted by Gasteiger charge is 2.21. The second-order valence-electron chi connectivity index (χ2n) is 2.12. The molecule has 0 atom stereocenters. The van der Waals surface area contributed by atoms with Crippen LogP contribution in [0.4, 0.5) is 4.39 Å². The molecule has 3 nitrogen and oxygen atoms in total. The molecule has 0 aliphatic carbocycles. The first-order chi connectivity index (χ1) is 4.18. The molecule has 0 amide bonds. The van der Waals surface area contributed by atoms with Gasteiger partial charge in [0, 0.05) is 0 Å². The summed E-state index contributed by atoms with van der Waals surface area (Å²) in [6.07, 6.45) is 0. The summed E-state index contributed by atoms with van der Waals surface area (Å²) < 4.78 is 11.6. The van der Waals surface area contributed by atoms with Crippen LogP contribution in [0.3, 0.4) is 0 Å². The average molecular weight is 137 g/mol. The molecule has 0 aromatic heterocycles. The molecule has 0 saturated heterocycles. The summed E-state index contributed by atoms with van der Waals surface area (Å²) in [6.45, 7) is -1.38. The molecule has 0 aliphatic heterocycles. The second kappa shape index (κ2) is 3.76. The molecular formula is C5H12FNO2. The van der Waals surface area contributed by atoms with E-state index in [4.69, 9.17) is 15.9 Å². The monoisotopic (exact) mass is 137 g/mol. The fourth-order valence-corrected chi connectivity index (χ4v) is 0.396. The lowest BCUT2D eigenvalue weighted by Gasteiger charge is -2.22. The summed E-state index contributed by atoms with van der Waals surface area (Å²) in [5.74, 6) is 0. The Morgan fingerprint density at radius 1 is 1.33 bits per heavy atom. The van der Waals surface area contributed by atoms with Gasteiger partial charge in [-0.3, -0.25) is 4.39 Å². The van der Waals surface area contributed by atoms with Gasteiger partial charge in [-0.05, 0) is 6.42 Å². The van der Waals surface area contributed by atoms with E-state index in [-0.39, 0.29) is 19.6 Å². The Balaban J connectivity index is 3.62. The predicted molar refractivity (Wildman–Crippen MR) is 31.7 cm³/mol. The van der Waals surface area contributed by atoms with Crippen molar-refractivity contribution in [1.82, 2.24) is 0 Å². The van der Waals surface area contributed by atoms with E-state index in [9.17, 15) is 4.39 Å². The van der Waals surface area contributed by atoms with E-state index in [2.05, 4.69) is 0 Å². The maximum absolute atomic E-state index is 11.6. The van der Waals surface area contributed by atoms with Crippen LogP contribution in [0.1, 0.15) is 6.42 Å². The summed E-state index contributed by atoms with van der Waals surface area (Å²) in [5, 5.41) is 16.9. The zero-order valence-corrected chi connectivity index (χ0v) is 5.18. The van der Waals surface area contributed by atoms with Gasteiger partial charge in [0.25, 0.3) is 0 Å². The molecule has 0 aromatic carbocycles. The summed E-state index contributed by atoms with van der Waals surface area (Å²) in [5.41, 5.74) is 4.14. The van der Waals surface area contributed by atoms with Gasteiger partial charge in [0.2, 0.25) is 0 Å². The molecule has 4 N–H and O–H groups in total. The topological polar surface area (TPSA) is 66.5 Å². The van der Waals surface area contributed by atoms with Gasteiger partial charge in [0.05, 0.1) is 25.4 Å². The minimum Gasteiger partial charge on any atom is -0.394 e. The minimum atomic E-state index is -1.13. The van der Waals surface area contributed by atoms with Crippen LogP contribution in [0, 0.1) is 0 Å². The SMILES string of the molecule is NC(CO)(CO)CCF. The summed E-state index contributed by atoms with van der Waals surface area (Å²) in [6, 6.07) is 0. The Hall–Kier alpha value is -0.190. The highest BCUT2D eigenvalue weighted by atomic mass is 19.1. The van der Waals surface area contributed by atoms with Gasteiger partial charge < -0.3 is 15.9 Å². The quantitative estimate of drug-likeness (QED) is 0.467. The molecule has 0 heterocycles. The number of hydrogen-bond donors (Lipinski definition) is 3. The molecule has 0 fully saturated rings. The Morgan fingerprint density at radius 2 is 1.78 bits per heavy atom. The third-order valence-electron chi connectivity index (χ3n) is 1.22. The van der Waals surface area contributed by atoms with Crippen LogP contribution >= 0.6 is 0 Å². The third-order valence-corrected chi connectivity index (χ3v) is 1.22. The van der Waals surface area contributed by atoms with Crippen LogP contribution in [0.25, 0.3) is 0 Å². The first kappa shape index (κ1) is 8.81. The van der Waals surface area contributed by atoms with E-state index >= 15 is 0 Å². The molecule has 4 heteroatoms. The van der Waals surface area contributed by atoms with Crippen molar-refractivity contribution in [3.05, 3.63) is 0 Å². The molecule has 0 unspecified atom stereocenters. The average Bonchev–Trinajstić information content (AvgIpc) is 1.89. The predicted octanol–water partition coefficient (Wildman–Crippen LogP) is -0.972. The number of halogens is 1. The zero-order chi connectivity index (χ0) is 7.33. The number of rotatable bonds is 4. The van der Waals surface area contributed by atoms with Crippen molar-refractivity contribution in [3.8, 4) is 0 Å². The van der Waals surface area contributed by atoms with E-state index < -0.39 is 12.2 Å². The molecule has 9 heavy (non-hydrogen) atoms. The van der Waals surface area contributed by atoms with Crippen molar-refractivity contribution in [1.29, 1.82) is 0 Å². The van der Waals surface area contributed by atoms with E-state index in [1.165, 1.54) is 0 Å². The first-order valence-electron chi connectivity index (χ1n) is 2.75. The van der Waals surface area contributed by atoms with Crippen LogP contribution in [0.15, 0.2) is 0 Å². The van der Waals surface area contributed by atoms with Gasteiger partial charge in [-0.25, -0.2) is 0 Å². The molecule has 0 spiro atoms. The third kappa shape index (κ3) is 2.74. The summed E-state index contributed by atoms with van der Waals surface area (Å²) in [4.78, 5) is 0. The van der Waals surface area contributed by atoms with Crippen LogP contribution in [0.2, 0.25) is 0 Å². The number of hydrogen-bond acceptors (Lipinski definition) is 3. The molecule has 0 aliphatic rings. The number of aliphatic hydroxyl groups excluding tert-OH is 2. The molecule has 0 rings (SSSR count). The standard InChI is InChI=1S/C5H12FNO2/c6-2-1-5(7,3-8)4-9/h8-9H,1-4,7H2. The molecule has 56 valence electrons. The Bertz CT molecular complexity index is 75.4. The Labute approximate surface area is 53.3 Å². The van der Waals surface area contributed by atoms with E-state index in [0.29, 0.717) is 0 Å². The van der Waals surface area contributed by atoms with E-state index in [1.54, 1.807) is 0 Å². The van der Waals surface area contributed by atoms with Crippen molar-refractivity contribution in [2.75, 3.05) is 19.9 Å². The zero-order valence-electron chi connectivity index (χ0n) is 5.18. The highest BCUT2D eigenvalue weighted by molar-refractivity contribution is 4.81. The van der Waals surface area contributed by atoms with E-state index in [0.717, 1.165) is 0 Å². The van der Waals surface area contributed by atoms with Crippen molar-refractivity contribution in [2.45, 2.75) is 12.0 Å². The van der Waals surface area contributed by atoms with Crippen LogP contribution in [-0.2, 0) is 0 Å². The normalized spacial score (nSPS) is 12.0. The van der Waals surface area contributed by atoms with Crippen molar-refractivity contribution >= 4 is 0 Å². The second-order valence-corrected chi connectivity index (χ2v) is 2.12. The largest absolute Gasteiger partial charge is 0.394 e. The van der Waals surface area contributed by atoms with Crippen LogP contribution < -0.4 is 5.73 Å². The number of aliphatic hydroxyl groups is 2. The van der Waals surface area contributed by atoms with Gasteiger partial charge in [0.15, 0.2) is 0 Å². The summed E-state index contributed by atoms with van der Waals surface area (Å²) in [7, 11) is 0. The molecular weight excluding hydrogens is 125 g/mol. The van der Waals surface area contributed by atoms with Crippen LogP contribution in [0.5, 0.6) is 0 Å². The summed E-state index contributed by atoms with van der Waals surface area (Å²) >= 11 is 0. The Kier molecular flexibility index (Phi) is 3.68. The number of nitrogens with two attached hydrogens (primary N) is 1. The van der Waals surface area contributed by atoms with Gasteiger partial charge >= 0.3 is 0 Å². The Morgan fingerprint density at radius 3 is 1.89 bits per heavy atom. The first-order valence-corrected chi connectivity index (χ1v) is 2.75. The minimum absolute atomic E-state index is 0. The maximum atomic E-state index is 11.6. The fraction of sp³-hybridized carbons (Fsp3) is 1.00. The molecule has 0 bridgehead atoms. The van der Waals surface area contributed by atoms with Gasteiger partial charge in [0.1, 0.15) is 0 Å². The fourth-order valence-electron chi connectivity index (χ4n) is 0.396. The van der Waals surface area contributed by atoms with Gasteiger partial charge in [-0.1, -0.05) is 0 Å². The van der Waals surface area contributed by atoms with Crippen molar-refractivity contribution in [3.63, 3.8) is 0 Å². The van der Waals surface area contributed by atoms with Crippen LogP contribution in [-0.4, -0.2) is 35.6 Å². The van der Waals surface area contributed by atoms with Crippen molar-refractivity contribution < 1.29 is 14.6 Å². The van der Waals surface area contributed by atoms with Crippen molar-refractivity contribution in [2.24, 2.45) is 5.73 Å². The smallest absolute Gasteiger partial charge is 0.0913 e. The van der Waals surface area contributed by atoms with Gasteiger partial charge in [-0.2, -0.15) is 0 Å². The highest BCUT2D eigenvalue weighted by Crippen LogP contribution is 2.03. The lowest BCUT2D eigenvalue weighted by molar-refractivity contribution is 0.108. The lowest BCUT2D eigenvalue weighted by Crippen LogP contribution is -2.47. The lowest BCUT2D eigenvalue weighted by atomic mass is 10.0. The van der Waals surface area contributed by atoms with Gasteiger partial charge in [-0.15, -0.1) is 0 Å². The number of alkyl halides is 1.